The Kier molecular flexibility index (Phi) is 5.66. The van der Waals surface area contributed by atoms with Crippen molar-refractivity contribution in [3.05, 3.63) is 87.1 Å². The predicted octanol–water partition coefficient (Wildman–Crippen LogP) is 3.25. The van der Waals surface area contributed by atoms with Crippen LogP contribution in [0.1, 0.15) is 59.9 Å². The zero-order chi connectivity index (χ0) is 23.9. The second-order valence-corrected chi connectivity index (χ2v) is 9.47. The lowest BCUT2D eigenvalue weighted by atomic mass is 9.87. The highest BCUT2D eigenvalue weighted by molar-refractivity contribution is 5.88. The highest BCUT2D eigenvalue weighted by Crippen LogP contribution is 2.41. The molecule has 0 saturated carbocycles. The van der Waals surface area contributed by atoms with E-state index in [4.69, 9.17) is 0 Å². The first-order chi connectivity index (χ1) is 17.1. The van der Waals surface area contributed by atoms with E-state index in [9.17, 15) is 9.18 Å². The molecule has 180 valence electrons. The normalized spacial score (nSPS) is 20.1. The van der Waals surface area contributed by atoms with E-state index in [-0.39, 0.29) is 12.0 Å². The molecule has 4 heterocycles. The Balaban J connectivity index is 1.50. The molecule has 9 heteroatoms. The fraction of sp³-hybridized carbons (Fsp3) is 0.385. The molecule has 2 N–H and O–H groups in total. The maximum Gasteiger partial charge on any atom is 0.272 e. The standard InChI is InChI=1S/C26H28FN7O/c1-2-8-34-25(29-15-30-34)22-23(17-6-4-16(5-7-17)14-33-9-3-10-33)28-13-18-11-19(27)12-20-21(18)24(22)31-32-26(20)35/h4-7,11-12,15,22-23,28H,2-3,8-10,13-14H2,1H3,(H,32,35). The predicted molar refractivity (Wildman–Crippen MR) is 130 cm³/mol. The highest BCUT2D eigenvalue weighted by Gasteiger charge is 2.36. The van der Waals surface area contributed by atoms with Gasteiger partial charge >= 0.3 is 0 Å². The summed E-state index contributed by atoms with van der Waals surface area (Å²) in [5, 5.41) is 16.2. The van der Waals surface area contributed by atoms with Crippen molar-refractivity contribution < 1.29 is 4.39 Å². The minimum atomic E-state index is -0.434. The Labute approximate surface area is 202 Å². The first-order valence-electron chi connectivity index (χ1n) is 12.3. The van der Waals surface area contributed by atoms with Crippen molar-refractivity contribution in [2.75, 3.05) is 13.1 Å². The quantitative estimate of drug-likeness (QED) is 0.447. The maximum atomic E-state index is 14.5. The molecule has 0 bridgehead atoms. The van der Waals surface area contributed by atoms with Gasteiger partial charge in [-0.25, -0.2) is 19.2 Å². The fourth-order valence-electron chi connectivity index (χ4n) is 5.34. The van der Waals surface area contributed by atoms with Crippen LogP contribution in [0.3, 0.4) is 0 Å². The molecule has 0 aliphatic carbocycles. The van der Waals surface area contributed by atoms with Crippen LogP contribution >= 0.6 is 0 Å². The molecular weight excluding hydrogens is 445 g/mol. The van der Waals surface area contributed by atoms with E-state index in [1.165, 1.54) is 24.1 Å². The van der Waals surface area contributed by atoms with E-state index in [0.717, 1.165) is 49.6 Å². The Morgan fingerprint density at radius 2 is 2.00 bits per heavy atom. The summed E-state index contributed by atoms with van der Waals surface area (Å²) >= 11 is 0. The number of aryl methyl sites for hydroxylation is 1. The lowest BCUT2D eigenvalue weighted by molar-refractivity contribution is 0.172. The minimum absolute atomic E-state index is 0.190. The van der Waals surface area contributed by atoms with Crippen molar-refractivity contribution in [3.63, 3.8) is 0 Å². The molecule has 8 nitrogen and oxygen atoms in total. The van der Waals surface area contributed by atoms with Gasteiger partial charge in [0.1, 0.15) is 18.0 Å². The molecule has 2 aromatic heterocycles. The van der Waals surface area contributed by atoms with Gasteiger partial charge in [0.25, 0.3) is 5.56 Å². The molecule has 0 amide bonds. The molecule has 2 aliphatic heterocycles. The smallest absolute Gasteiger partial charge is 0.272 e. The van der Waals surface area contributed by atoms with Crippen LogP contribution in [0.2, 0.25) is 0 Å². The summed E-state index contributed by atoms with van der Waals surface area (Å²) in [5.41, 5.74) is 3.37. The van der Waals surface area contributed by atoms with E-state index in [1.807, 2.05) is 4.68 Å². The molecular formula is C26H28FN7O. The zero-order valence-electron chi connectivity index (χ0n) is 19.7. The average Bonchev–Trinajstić information content (AvgIpc) is 3.21. The molecule has 2 atom stereocenters. The summed E-state index contributed by atoms with van der Waals surface area (Å²) in [6.45, 7) is 6.49. The molecule has 0 radical (unpaired) electrons. The number of H-pyrrole nitrogens is 1. The lowest BCUT2D eigenvalue weighted by Gasteiger charge is -2.31. The molecule has 1 fully saturated rings. The van der Waals surface area contributed by atoms with Gasteiger partial charge in [-0.1, -0.05) is 31.2 Å². The highest BCUT2D eigenvalue weighted by atomic mass is 19.1. The molecule has 2 aliphatic rings. The Morgan fingerprint density at radius 1 is 1.17 bits per heavy atom. The van der Waals surface area contributed by atoms with Crippen LogP contribution in [0.5, 0.6) is 0 Å². The lowest BCUT2D eigenvalue weighted by Crippen LogP contribution is -2.36. The second-order valence-electron chi connectivity index (χ2n) is 9.47. The summed E-state index contributed by atoms with van der Waals surface area (Å²) in [6.07, 6.45) is 3.74. The molecule has 0 spiro atoms. The van der Waals surface area contributed by atoms with Crippen LogP contribution in [-0.2, 0) is 19.6 Å². The Morgan fingerprint density at radius 3 is 2.74 bits per heavy atom. The third kappa shape index (κ3) is 3.94. The van der Waals surface area contributed by atoms with Crippen molar-refractivity contribution >= 4 is 10.8 Å². The van der Waals surface area contributed by atoms with Crippen molar-refractivity contribution in [1.29, 1.82) is 0 Å². The van der Waals surface area contributed by atoms with Gasteiger partial charge < -0.3 is 5.32 Å². The van der Waals surface area contributed by atoms with Gasteiger partial charge in [0.15, 0.2) is 0 Å². The minimum Gasteiger partial charge on any atom is -0.305 e. The van der Waals surface area contributed by atoms with Crippen LogP contribution in [0.25, 0.3) is 10.8 Å². The summed E-state index contributed by atoms with van der Waals surface area (Å²) in [5.74, 6) is 0.0137. The molecule has 6 rings (SSSR count). The number of likely N-dealkylation sites (tertiary alicyclic amines) is 1. The van der Waals surface area contributed by atoms with E-state index in [0.29, 0.717) is 23.0 Å². The van der Waals surface area contributed by atoms with Crippen LogP contribution in [0, 0.1) is 5.82 Å². The Bertz CT molecular complexity index is 1420. The third-order valence-corrected chi connectivity index (χ3v) is 7.16. The number of nitrogens with one attached hydrogen (secondary N) is 2. The molecule has 2 aromatic carbocycles. The van der Waals surface area contributed by atoms with Gasteiger partial charge in [-0.15, -0.1) is 0 Å². The zero-order valence-corrected chi connectivity index (χ0v) is 19.7. The van der Waals surface area contributed by atoms with Crippen LogP contribution in [0.4, 0.5) is 4.39 Å². The second kappa shape index (κ2) is 8.98. The topological polar surface area (TPSA) is 91.7 Å². The fourth-order valence-corrected chi connectivity index (χ4v) is 5.34. The van der Waals surface area contributed by atoms with Crippen LogP contribution in [0.15, 0.2) is 47.5 Å². The molecule has 4 aromatic rings. The third-order valence-electron chi connectivity index (χ3n) is 7.16. The number of hydrogen-bond acceptors (Lipinski definition) is 6. The molecule has 1 saturated heterocycles. The van der Waals surface area contributed by atoms with Gasteiger partial charge in [0.2, 0.25) is 0 Å². The van der Waals surface area contributed by atoms with Gasteiger partial charge in [-0.2, -0.15) is 10.2 Å². The largest absolute Gasteiger partial charge is 0.305 e. The number of aromatic nitrogens is 5. The number of benzene rings is 2. The van der Waals surface area contributed by atoms with Crippen molar-refractivity contribution in [1.82, 2.24) is 35.2 Å². The number of rotatable bonds is 6. The summed E-state index contributed by atoms with van der Waals surface area (Å²) in [4.78, 5) is 19.7. The SMILES string of the molecule is CCCn1ncnc1C1c2n[nH]c(=O)c3cc(F)cc(c23)CNC1c1ccc(CN2CCC2)cc1. The van der Waals surface area contributed by atoms with Gasteiger partial charge in [0, 0.05) is 31.1 Å². The number of halogens is 1. The molecule has 35 heavy (non-hydrogen) atoms. The first kappa shape index (κ1) is 22.1. The number of aromatic amines is 1. The average molecular weight is 474 g/mol. The van der Waals surface area contributed by atoms with Gasteiger partial charge in [0.05, 0.1) is 17.0 Å². The summed E-state index contributed by atoms with van der Waals surface area (Å²) in [6, 6.07) is 11.3. The number of hydrogen-bond donors (Lipinski definition) is 2. The first-order valence-corrected chi connectivity index (χ1v) is 12.3. The summed E-state index contributed by atoms with van der Waals surface area (Å²) < 4.78 is 16.4. The van der Waals surface area contributed by atoms with E-state index >= 15 is 0 Å². The van der Waals surface area contributed by atoms with Gasteiger partial charge in [-0.05, 0) is 54.8 Å². The summed E-state index contributed by atoms with van der Waals surface area (Å²) in [7, 11) is 0. The van der Waals surface area contributed by atoms with Crippen LogP contribution in [-0.4, -0.2) is 43.0 Å². The van der Waals surface area contributed by atoms with E-state index in [1.54, 1.807) is 6.33 Å². The van der Waals surface area contributed by atoms with Crippen molar-refractivity contribution in [3.8, 4) is 0 Å². The van der Waals surface area contributed by atoms with Crippen molar-refractivity contribution in [2.24, 2.45) is 0 Å². The van der Waals surface area contributed by atoms with E-state index < -0.39 is 11.4 Å². The maximum absolute atomic E-state index is 14.5. The monoisotopic (exact) mass is 473 g/mol. The van der Waals surface area contributed by atoms with Gasteiger partial charge in [-0.3, -0.25) is 9.69 Å². The molecule has 2 unspecified atom stereocenters. The van der Waals surface area contributed by atoms with E-state index in [2.05, 4.69) is 61.7 Å². The Hall–Kier alpha value is -3.43. The number of nitrogens with zero attached hydrogens (tertiary/aromatic N) is 5. The van der Waals surface area contributed by atoms with Crippen molar-refractivity contribution in [2.45, 2.75) is 51.4 Å². The van der Waals surface area contributed by atoms with Crippen LogP contribution < -0.4 is 10.9 Å².